The zero-order chi connectivity index (χ0) is 8.27. The molecule has 0 atom stereocenters. The van der Waals surface area contributed by atoms with Gasteiger partial charge < -0.3 is 5.73 Å². The summed E-state index contributed by atoms with van der Waals surface area (Å²) in [5, 5.41) is 0.384. The van der Waals surface area contributed by atoms with Gasteiger partial charge in [-0.3, -0.25) is 0 Å². The number of nitrogens with two attached hydrogens (primary N) is 1. The predicted octanol–water partition coefficient (Wildman–Crippen LogP) is 2.10. The molecule has 11 heavy (non-hydrogen) atoms. The van der Waals surface area contributed by atoms with Crippen LogP contribution in [0.1, 0.15) is 0 Å². The average molecular weight is 152 g/mol. The smallest absolute Gasteiger partial charge is 0.0968 e. The molecule has 0 radical (unpaired) electrons. The summed E-state index contributed by atoms with van der Waals surface area (Å²) in [6.07, 6.45) is 1.06. The third-order valence-corrected chi connectivity index (χ3v) is 1.33. The van der Waals surface area contributed by atoms with Crippen LogP contribution in [0.25, 0.3) is 0 Å². The number of nitrogens with zero attached hydrogens (tertiary/aromatic N) is 1. The number of halogens is 1. The Morgan fingerprint density at radius 3 is 2.64 bits per heavy atom. The fraction of sp³-hybridized carbons (Fsp3) is 0. The van der Waals surface area contributed by atoms with Crippen LogP contribution in [0.4, 0.5) is 15.9 Å². The van der Waals surface area contributed by atoms with Gasteiger partial charge in [-0.15, -0.1) is 0 Å². The fourth-order valence-corrected chi connectivity index (χ4v) is 0.780. The molecule has 2 nitrogen and oxygen atoms in total. The van der Waals surface area contributed by atoms with E-state index in [4.69, 9.17) is 5.73 Å². The molecular formula is C8H9FN2. The lowest BCUT2D eigenvalue weighted by atomic mass is 10.3. The number of benzene rings is 1. The van der Waals surface area contributed by atoms with Crippen molar-refractivity contribution in [3.63, 3.8) is 0 Å². The van der Waals surface area contributed by atoms with Crippen molar-refractivity contribution in [2.24, 2.45) is 0 Å². The summed E-state index contributed by atoms with van der Waals surface area (Å²) in [6.45, 7) is 3.27. The third-order valence-electron chi connectivity index (χ3n) is 1.33. The zero-order valence-corrected chi connectivity index (χ0v) is 6.00. The minimum atomic E-state index is 0.322. The summed E-state index contributed by atoms with van der Waals surface area (Å²) in [5.41, 5.74) is 6.19. The molecule has 0 spiro atoms. The van der Waals surface area contributed by atoms with Crippen LogP contribution >= 0.6 is 0 Å². The Bertz CT molecular complexity index is 260. The molecule has 1 aromatic rings. The van der Waals surface area contributed by atoms with Crippen LogP contribution in [0.5, 0.6) is 0 Å². The summed E-state index contributed by atoms with van der Waals surface area (Å²) in [7, 11) is 0. The topological polar surface area (TPSA) is 29.3 Å². The number of hydrogen-bond acceptors (Lipinski definition) is 2. The lowest BCUT2D eigenvalue weighted by Gasteiger charge is -2.09. The van der Waals surface area contributed by atoms with Gasteiger partial charge in [0.05, 0.1) is 11.4 Å². The number of anilines is 2. The largest absolute Gasteiger partial charge is 0.397 e. The van der Waals surface area contributed by atoms with E-state index in [1.54, 1.807) is 24.3 Å². The summed E-state index contributed by atoms with van der Waals surface area (Å²) < 4.78 is 12.8. The second-order valence-corrected chi connectivity index (χ2v) is 2.05. The van der Waals surface area contributed by atoms with Crippen molar-refractivity contribution < 1.29 is 4.48 Å². The molecule has 0 aliphatic heterocycles. The SMILES string of the molecule is C=CN(F)c1ccccc1N. The third kappa shape index (κ3) is 1.49. The van der Waals surface area contributed by atoms with Gasteiger partial charge in [-0.1, -0.05) is 23.2 Å². The molecular weight excluding hydrogens is 143 g/mol. The van der Waals surface area contributed by atoms with E-state index in [1.165, 1.54) is 0 Å². The van der Waals surface area contributed by atoms with Gasteiger partial charge in [0.2, 0.25) is 0 Å². The molecule has 1 aromatic carbocycles. The first kappa shape index (κ1) is 7.60. The molecule has 0 bridgehead atoms. The monoisotopic (exact) mass is 152 g/mol. The van der Waals surface area contributed by atoms with E-state index in [-0.39, 0.29) is 0 Å². The maximum Gasteiger partial charge on any atom is 0.0968 e. The molecule has 1 rings (SSSR count). The molecule has 0 saturated heterocycles. The Labute approximate surface area is 64.7 Å². The van der Waals surface area contributed by atoms with Crippen molar-refractivity contribution in [2.45, 2.75) is 0 Å². The Hall–Kier alpha value is -1.51. The second-order valence-electron chi connectivity index (χ2n) is 2.05. The molecule has 0 fully saturated rings. The number of rotatable bonds is 2. The second kappa shape index (κ2) is 3.05. The van der Waals surface area contributed by atoms with Crippen LogP contribution in [-0.2, 0) is 0 Å². The van der Waals surface area contributed by atoms with Crippen molar-refractivity contribution in [3.8, 4) is 0 Å². The molecule has 0 saturated carbocycles. The minimum Gasteiger partial charge on any atom is -0.397 e. The normalized spacial score (nSPS) is 9.18. The summed E-state index contributed by atoms with van der Waals surface area (Å²) in [5.74, 6) is 0. The number of hydrogen-bond donors (Lipinski definition) is 1. The number of nitrogen functional groups attached to an aromatic ring is 1. The van der Waals surface area contributed by atoms with Crippen molar-refractivity contribution >= 4 is 11.4 Å². The molecule has 0 aliphatic carbocycles. The van der Waals surface area contributed by atoms with Crippen LogP contribution in [0.2, 0.25) is 0 Å². The van der Waals surface area contributed by atoms with E-state index < -0.39 is 0 Å². The zero-order valence-electron chi connectivity index (χ0n) is 6.00. The molecule has 0 aliphatic rings. The van der Waals surface area contributed by atoms with E-state index in [1.807, 2.05) is 0 Å². The van der Waals surface area contributed by atoms with Crippen LogP contribution in [0.15, 0.2) is 37.0 Å². The van der Waals surface area contributed by atoms with Crippen LogP contribution in [0.3, 0.4) is 0 Å². The van der Waals surface area contributed by atoms with E-state index in [0.29, 0.717) is 16.5 Å². The van der Waals surface area contributed by atoms with Gasteiger partial charge in [-0.2, -0.15) is 5.12 Å². The fourth-order valence-electron chi connectivity index (χ4n) is 0.780. The first-order valence-electron chi connectivity index (χ1n) is 3.18. The van der Waals surface area contributed by atoms with Crippen molar-refractivity contribution in [1.82, 2.24) is 0 Å². The highest BCUT2D eigenvalue weighted by atomic mass is 19.2. The highest BCUT2D eigenvalue weighted by Gasteiger charge is 2.02. The molecule has 3 heteroatoms. The average Bonchev–Trinajstić information content (AvgIpc) is 2.04. The molecule has 2 N–H and O–H groups in total. The minimum absolute atomic E-state index is 0.322. The molecule has 0 aromatic heterocycles. The van der Waals surface area contributed by atoms with Crippen molar-refractivity contribution in [1.29, 1.82) is 0 Å². The van der Waals surface area contributed by atoms with Gasteiger partial charge in [0.25, 0.3) is 0 Å². The van der Waals surface area contributed by atoms with Crippen molar-refractivity contribution in [3.05, 3.63) is 37.0 Å². The summed E-state index contributed by atoms with van der Waals surface area (Å²) in [4.78, 5) is 0. The lowest BCUT2D eigenvalue weighted by molar-refractivity contribution is 0.500. The van der Waals surface area contributed by atoms with E-state index in [9.17, 15) is 4.48 Å². The van der Waals surface area contributed by atoms with E-state index in [0.717, 1.165) is 6.20 Å². The van der Waals surface area contributed by atoms with Gasteiger partial charge in [0, 0.05) is 6.20 Å². The predicted molar refractivity (Wildman–Crippen MR) is 44.6 cm³/mol. The van der Waals surface area contributed by atoms with Crippen molar-refractivity contribution in [2.75, 3.05) is 10.9 Å². The van der Waals surface area contributed by atoms with Gasteiger partial charge in [-0.05, 0) is 12.1 Å². The molecule has 0 amide bonds. The highest BCUT2D eigenvalue weighted by molar-refractivity contribution is 5.66. The van der Waals surface area contributed by atoms with Gasteiger partial charge >= 0.3 is 0 Å². The van der Waals surface area contributed by atoms with Crippen LogP contribution in [0, 0.1) is 0 Å². The first-order chi connectivity index (χ1) is 5.25. The maximum atomic E-state index is 12.8. The van der Waals surface area contributed by atoms with E-state index in [2.05, 4.69) is 6.58 Å². The van der Waals surface area contributed by atoms with Gasteiger partial charge in [-0.25, -0.2) is 0 Å². The van der Waals surface area contributed by atoms with Crippen LogP contribution < -0.4 is 10.9 Å². The number of para-hydroxylation sites is 2. The lowest BCUT2D eigenvalue weighted by Crippen LogP contribution is -2.03. The standard InChI is InChI=1S/C8H9FN2/c1-2-11(9)8-6-4-3-5-7(8)10/h2-6H,1,10H2. The highest BCUT2D eigenvalue weighted by Crippen LogP contribution is 2.22. The quantitative estimate of drug-likeness (QED) is 0.519. The van der Waals surface area contributed by atoms with Gasteiger partial charge in [0.1, 0.15) is 0 Å². The Kier molecular flexibility index (Phi) is 2.11. The summed E-state index contributed by atoms with van der Waals surface area (Å²) >= 11 is 0. The Morgan fingerprint density at radius 2 is 2.09 bits per heavy atom. The molecule has 0 unspecified atom stereocenters. The Balaban J connectivity index is 3.02. The van der Waals surface area contributed by atoms with E-state index >= 15 is 0 Å². The molecule has 58 valence electrons. The Morgan fingerprint density at radius 1 is 1.45 bits per heavy atom. The first-order valence-corrected chi connectivity index (χ1v) is 3.18. The summed E-state index contributed by atoms with van der Waals surface area (Å²) in [6, 6.07) is 6.67. The van der Waals surface area contributed by atoms with Crippen LogP contribution in [-0.4, -0.2) is 0 Å². The molecule has 0 heterocycles. The van der Waals surface area contributed by atoms with Gasteiger partial charge in [0.15, 0.2) is 0 Å². The maximum absolute atomic E-state index is 12.8.